The normalized spacial score (nSPS) is 15.8. The quantitative estimate of drug-likeness (QED) is 0.664. The lowest BCUT2D eigenvalue weighted by Crippen LogP contribution is -2.51. The highest BCUT2D eigenvalue weighted by molar-refractivity contribution is 7.88. The molecular weight excluding hydrogens is 374 g/mol. The van der Waals surface area contributed by atoms with Crippen LogP contribution in [0.25, 0.3) is 10.9 Å². The summed E-state index contributed by atoms with van der Waals surface area (Å²) < 4.78 is 28.7. The molecule has 1 aliphatic rings. The topological polar surface area (TPSA) is 62.6 Å². The van der Waals surface area contributed by atoms with Gasteiger partial charge in [-0.15, -0.1) is 0 Å². The van der Waals surface area contributed by atoms with Crippen molar-refractivity contribution in [2.24, 2.45) is 0 Å². The zero-order chi connectivity index (χ0) is 19.6. The minimum absolute atomic E-state index is 0.00283. The van der Waals surface area contributed by atoms with Gasteiger partial charge in [0.05, 0.1) is 5.75 Å². The SMILES string of the molecule is O=C(Cn1ccc2ccccc21)N1CCN(S(=O)(=O)Cc2ccccc2)CC1. The van der Waals surface area contributed by atoms with Crippen molar-refractivity contribution < 1.29 is 13.2 Å². The predicted molar refractivity (Wildman–Crippen MR) is 109 cm³/mol. The molecule has 0 radical (unpaired) electrons. The molecule has 0 bridgehead atoms. The number of rotatable bonds is 5. The summed E-state index contributed by atoms with van der Waals surface area (Å²) in [5.41, 5.74) is 1.81. The molecule has 146 valence electrons. The second-order valence-corrected chi connectivity index (χ2v) is 8.99. The summed E-state index contributed by atoms with van der Waals surface area (Å²) in [7, 11) is -3.37. The first-order chi connectivity index (χ1) is 13.5. The van der Waals surface area contributed by atoms with Crippen molar-refractivity contribution in [2.45, 2.75) is 12.3 Å². The van der Waals surface area contributed by atoms with Gasteiger partial charge in [0, 0.05) is 37.9 Å². The first-order valence-corrected chi connectivity index (χ1v) is 11.0. The zero-order valence-electron chi connectivity index (χ0n) is 15.6. The standard InChI is InChI=1S/C21H23N3O3S/c25-21(16-23-11-10-19-8-4-5-9-20(19)23)22-12-14-24(15-13-22)28(26,27)17-18-6-2-1-3-7-18/h1-11H,12-17H2. The van der Waals surface area contributed by atoms with Crippen LogP contribution in [0.2, 0.25) is 0 Å². The molecule has 4 rings (SSSR count). The van der Waals surface area contributed by atoms with E-state index in [0.717, 1.165) is 16.5 Å². The Kier molecular flexibility index (Phi) is 5.19. The molecule has 2 heterocycles. The number of carbonyl (C=O) groups is 1. The largest absolute Gasteiger partial charge is 0.339 e. The Morgan fingerprint density at radius 1 is 0.857 bits per heavy atom. The van der Waals surface area contributed by atoms with Crippen molar-refractivity contribution in [1.82, 2.24) is 13.8 Å². The molecule has 1 amide bonds. The van der Waals surface area contributed by atoms with Gasteiger partial charge in [0.1, 0.15) is 6.54 Å². The highest BCUT2D eigenvalue weighted by Crippen LogP contribution is 2.17. The Labute approximate surface area is 165 Å². The number of piperazine rings is 1. The van der Waals surface area contributed by atoms with Crippen molar-refractivity contribution in [3.8, 4) is 0 Å². The lowest BCUT2D eigenvalue weighted by molar-refractivity contribution is -0.132. The van der Waals surface area contributed by atoms with Crippen LogP contribution < -0.4 is 0 Å². The molecule has 1 saturated heterocycles. The number of hydrogen-bond acceptors (Lipinski definition) is 3. The highest BCUT2D eigenvalue weighted by atomic mass is 32.2. The predicted octanol–water partition coefficient (Wildman–Crippen LogP) is 2.32. The molecule has 0 N–H and O–H groups in total. The fourth-order valence-corrected chi connectivity index (χ4v) is 5.13. The average molecular weight is 398 g/mol. The molecule has 0 saturated carbocycles. The Morgan fingerprint density at radius 3 is 2.29 bits per heavy atom. The number of fused-ring (bicyclic) bond motifs is 1. The van der Waals surface area contributed by atoms with Gasteiger partial charge in [0.15, 0.2) is 0 Å². The van der Waals surface area contributed by atoms with Gasteiger partial charge in [-0.25, -0.2) is 8.42 Å². The molecule has 7 heteroatoms. The summed E-state index contributed by atoms with van der Waals surface area (Å²) in [6.45, 7) is 1.79. The van der Waals surface area contributed by atoms with E-state index in [1.807, 2.05) is 71.4 Å². The maximum absolute atomic E-state index is 12.7. The highest BCUT2D eigenvalue weighted by Gasteiger charge is 2.29. The van der Waals surface area contributed by atoms with Crippen molar-refractivity contribution >= 4 is 26.8 Å². The van der Waals surface area contributed by atoms with Gasteiger partial charge in [0.25, 0.3) is 0 Å². The molecule has 1 aromatic heterocycles. The summed E-state index contributed by atoms with van der Waals surface area (Å²) >= 11 is 0. The molecule has 0 aliphatic carbocycles. The first-order valence-electron chi connectivity index (χ1n) is 9.36. The monoisotopic (exact) mass is 397 g/mol. The number of amides is 1. The second kappa shape index (κ2) is 7.77. The maximum atomic E-state index is 12.7. The molecule has 6 nitrogen and oxygen atoms in total. The van der Waals surface area contributed by atoms with E-state index in [1.54, 1.807) is 4.90 Å². The summed E-state index contributed by atoms with van der Waals surface area (Å²) in [5.74, 6) is 0.0124. The van der Waals surface area contributed by atoms with Crippen molar-refractivity contribution in [3.05, 3.63) is 72.4 Å². The van der Waals surface area contributed by atoms with Gasteiger partial charge in [-0.3, -0.25) is 4.79 Å². The molecule has 1 aliphatic heterocycles. The molecular formula is C21H23N3O3S. The number of aromatic nitrogens is 1. The maximum Gasteiger partial charge on any atom is 0.242 e. The van der Waals surface area contributed by atoms with Crippen LogP contribution in [0.5, 0.6) is 0 Å². The molecule has 0 spiro atoms. The number of benzene rings is 2. The van der Waals surface area contributed by atoms with Crippen molar-refractivity contribution in [3.63, 3.8) is 0 Å². The third kappa shape index (κ3) is 3.95. The van der Waals surface area contributed by atoms with Crippen LogP contribution in [0.4, 0.5) is 0 Å². The average Bonchev–Trinajstić information content (AvgIpc) is 3.11. The van der Waals surface area contributed by atoms with Crippen LogP contribution in [0.15, 0.2) is 66.9 Å². The van der Waals surface area contributed by atoms with E-state index in [2.05, 4.69) is 0 Å². The third-order valence-corrected chi connectivity index (χ3v) is 7.01. The number of para-hydroxylation sites is 1. The number of carbonyl (C=O) groups excluding carboxylic acids is 1. The lowest BCUT2D eigenvalue weighted by Gasteiger charge is -2.34. The van der Waals surface area contributed by atoms with Crippen LogP contribution in [-0.2, 0) is 27.1 Å². The van der Waals surface area contributed by atoms with Crippen LogP contribution >= 0.6 is 0 Å². The number of sulfonamides is 1. The minimum Gasteiger partial charge on any atom is -0.339 e. The van der Waals surface area contributed by atoms with Crippen LogP contribution in [0.3, 0.4) is 0 Å². The zero-order valence-corrected chi connectivity index (χ0v) is 16.4. The lowest BCUT2D eigenvalue weighted by atomic mass is 10.2. The number of hydrogen-bond donors (Lipinski definition) is 0. The fourth-order valence-electron chi connectivity index (χ4n) is 3.62. The third-order valence-electron chi connectivity index (χ3n) is 5.16. The summed E-state index contributed by atoms with van der Waals surface area (Å²) in [6, 6.07) is 19.1. The molecule has 3 aromatic rings. The summed E-state index contributed by atoms with van der Waals surface area (Å²) in [5, 5.41) is 1.10. The van der Waals surface area contributed by atoms with Gasteiger partial charge >= 0.3 is 0 Å². The summed E-state index contributed by atoms with van der Waals surface area (Å²) in [4.78, 5) is 14.4. The Morgan fingerprint density at radius 2 is 1.54 bits per heavy atom. The Bertz CT molecular complexity index is 1070. The van der Waals surface area contributed by atoms with E-state index < -0.39 is 10.0 Å². The summed E-state index contributed by atoms with van der Waals surface area (Å²) in [6.07, 6.45) is 1.92. The fraction of sp³-hybridized carbons (Fsp3) is 0.286. The van der Waals surface area contributed by atoms with Gasteiger partial charge in [-0.05, 0) is 23.1 Å². The van der Waals surface area contributed by atoms with Gasteiger partial charge in [0.2, 0.25) is 15.9 Å². The van der Waals surface area contributed by atoms with Crippen LogP contribution in [-0.4, -0.2) is 54.3 Å². The molecule has 1 fully saturated rings. The van der Waals surface area contributed by atoms with Crippen LogP contribution in [0.1, 0.15) is 5.56 Å². The van der Waals surface area contributed by atoms with E-state index in [9.17, 15) is 13.2 Å². The van der Waals surface area contributed by atoms with Crippen molar-refractivity contribution in [1.29, 1.82) is 0 Å². The molecule has 0 unspecified atom stereocenters. The van der Waals surface area contributed by atoms with Crippen molar-refractivity contribution in [2.75, 3.05) is 26.2 Å². The Hall–Kier alpha value is -2.64. The van der Waals surface area contributed by atoms with Gasteiger partial charge in [-0.1, -0.05) is 48.5 Å². The van der Waals surface area contributed by atoms with Gasteiger partial charge in [-0.2, -0.15) is 4.31 Å². The van der Waals surface area contributed by atoms with Crippen LogP contribution in [0, 0.1) is 0 Å². The smallest absolute Gasteiger partial charge is 0.242 e. The minimum atomic E-state index is -3.37. The van der Waals surface area contributed by atoms with E-state index >= 15 is 0 Å². The first kappa shape index (κ1) is 18.7. The molecule has 0 atom stereocenters. The Balaban J connectivity index is 1.36. The van der Waals surface area contributed by atoms with E-state index in [-0.39, 0.29) is 18.2 Å². The molecule has 2 aromatic carbocycles. The van der Waals surface area contributed by atoms with Gasteiger partial charge < -0.3 is 9.47 Å². The number of nitrogens with zero attached hydrogens (tertiary/aromatic N) is 3. The molecule has 28 heavy (non-hydrogen) atoms. The van der Waals surface area contributed by atoms with E-state index in [1.165, 1.54) is 4.31 Å². The second-order valence-electron chi connectivity index (χ2n) is 7.02. The van der Waals surface area contributed by atoms with E-state index in [0.29, 0.717) is 26.2 Å². The van der Waals surface area contributed by atoms with E-state index in [4.69, 9.17) is 0 Å².